The van der Waals surface area contributed by atoms with Gasteiger partial charge in [0.25, 0.3) is 0 Å². The fourth-order valence-electron chi connectivity index (χ4n) is 1.97. The molecule has 0 amide bonds. The van der Waals surface area contributed by atoms with Crippen LogP contribution >= 0.6 is 0 Å². The molecule has 20 heavy (non-hydrogen) atoms. The number of nitrogens with zero attached hydrogens (tertiary/aromatic N) is 3. The highest BCUT2D eigenvalue weighted by molar-refractivity contribution is 5.85. The van der Waals surface area contributed by atoms with Crippen molar-refractivity contribution in [3.63, 3.8) is 0 Å². The number of carboxylic acid groups (broad SMARTS) is 1. The molecule has 0 bridgehead atoms. The van der Waals surface area contributed by atoms with Crippen molar-refractivity contribution in [3.05, 3.63) is 23.3 Å². The van der Waals surface area contributed by atoms with Crippen molar-refractivity contribution >= 4 is 5.97 Å². The molecule has 0 aromatic carbocycles. The summed E-state index contributed by atoms with van der Waals surface area (Å²) in [6, 6.07) is 0.975. The van der Waals surface area contributed by atoms with Crippen molar-refractivity contribution in [1.29, 1.82) is 0 Å². The van der Waals surface area contributed by atoms with Crippen LogP contribution in [0.1, 0.15) is 28.4 Å². The van der Waals surface area contributed by atoms with E-state index in [2.05, 4.69) is 9.97 Å². The van der Waals surface area contributed by atoms with E-state index in [1.54, 1.807) is 4.90 Å². The molecule has 1 aliphatic rings. The first-order chi connectivity index (χ1) is 9.25. The van der Waals surface area contributed by atoms with Gasteiger partial charge in [-0.3, -0.25) is 4.90 Å². The maximum Gasteiger partial charge on any atom is 0.451 e. The third-order valence-electron chi connectivity index (χ3n) is 2.85. The molecule has 1 aromatic heterocycles. The van der Waals surface area contributed by atoms with E-state index in [1.807, 2.05) is 0 Å². The van der Waals surface area contributed by atoms with E-state index in [-0.39, 0.29) is 18.8 Å². The van der Waals surface area contributed by atoms with Gasteiger partial charge in [0.1, 0.15) is 6.17 Å². The second-order valence-corrected chi connectivity index (χ2v) is 4.49. The van der Waals surface area contributed by atoms with Crippen molar-refractivity contribution in [1.82, 2.24) is 14.9 Å². The van der Waals surface area contributed by atoms with E-state index < -0.39 is 29.8 Å². The summed E-state index contributed by atoms with van der Waals surface area (Å²) in [7, 11) is 0. The van der Waals surface area contributed by atoms with Gasteiger partial charge in [-0.05, 0) is 12.5 Å². The highest BCUT2D eigenvalue weighted by atomic mass is 19.4. The highest BCUT2D eigenvalue weighted by Crippen LogP contribution is 2.27. The second-order valence-electron chi connectivity index (χ2n) is 4.49. The Bertz CT molecular complexity index is 521. The van der Waals surface area contributed by atoms with Crippen LogP contribution in [0.15, 0.2) is 6.07 Å². The number of aromatic nitrogens is 2. The molecule has 1 atom stereocenters. The molecular formula is C11H11F4N3O2. The highest BCUT2D eigenvalue weighted by Gasteiger charge is 2.36. The molecule has 0 unspecified atom stereocenters. The Labute approximate surface area is 111 Å². The molecule has 2 rings (SSSR count). The fraction of sp³-hybridized carbons (Fsp3) is 0.545. The standard InChI is InChI=1S/C11H11F4N3O2/c12-6-1-2-18(4-6)5-7-3-8(9(19)20)17-10(16-7)11(13,14)15/h3,6H,1-2,4-5H2,(H,19,20)/t6-/m0/s1. The molecule has 5 nitrogen and oxygen atoms in total. The molecule has 110 valence electrons. The van der Waals surface area contributed by atoms with Crippen LogP contribution in [0.3, 0.4) is 0 Å². The lowest BCUT2D eigenvalue weighted by molar-refractivity contribution is -0.145. The van der Waals surface area contributed by atoms with Gasteiger partial charge in [0.05, 0.1) is 5.69 Å². The van der Waals surface area contributed by atoms with Crippen molar-refractivity contribution in [3.8, 4) is 0 Å². The van der Waals surface area contributed by atoms with Gasteiger partial charge >= 0.3 is 12.1 Å². The predicted octanol–water partition coefficient (Wildman–Crippen LogP) is 1.74. The molecule has 2 heterocycles. The minimum atomic E-state index is -4.83. The topological polar surface area (TPSA) is 66.3 Å². The number of carboxylic acids is 1. The normalized spacial score (nSPS) is 20.3. The van der Waals surface area contributed by atoms with Crippen LogP contribution in [0, 0.1) is 0 Å². The Balaban J connectivity index is 2.27. The summed E-state index contributed by atoms with van der Waals surface area (Å²) in [5.41, 5.74) is -0.808. The maximum absolute atomic E-state index is 13.0. The average molecular weight is 293 g/mol. The Morgan fingerprint density at radius 1 is 1.45 bits per heavy atom. The van der Waals surface area contributed by atoms with Crippen LogP contribution in [0.2, 0.25) is 0 Å². The van der Waals surface area contributed by atoms with Gasteiger partial charge in [-0.2, -0.15) is 13.2 Å². The number of halogens is 4. The zero-order chi connectivity index (χ0) is 14.9. The van der Waals surface area contributed by atoms with Crippen molar-refractivity contribution in [2.45, 2.75) is 25.3 Å². The van der Waals surface area contributed by atoms with Crippen LogP contribution in [0.5, 0.6) is 0 Å². The first kappa shape index (κ1) is 14.6. The first-order valence-electron chi connectivity index (χ1n) is 5.80. The number of carbonyl (C=O) groups is 1. The third kappa shape index (κ3) is 3.41. The maximum atomic E-state index is 13.0. The molecule has 1 fully saturated rings. The average Bonchev–Trinajstić information content (AvgIpc) is 2.73. The zero-order valence-electron chi connectivity index (χ0n) is 10.2. The summed E-state index contributed by atoms with van der Waals surface area (Å²) in [6.45, 7) is 0.467. The fourth-order valence-corrected chi connectivity index (χ4v) is 1.97. The monoisotopic (exact) mass is 293 g/mol. The van der Waals surface area contributed by atoms with Crippen LogP contribution in [-0.2, 0) is 12.7 Å². The van der Waals surface area contributed by atoms with Gasteiger partial charge < -0.3 is 5.11 Å². The smallest absolute Gasteiger partial charge is 0.451 e. The summed E-state index contributed by atoms with van der Waals surface area (Å²) in [5.74, 6) is -3.06. The molecule has 0 spiro atoms. The van der Waals surface area contributed by atoms with Gasteiger partial charge in [-0.15, -0.1) is 0 Å². The predicted molar refractivity (Wildman–Crippen MR) is 58.8 cm³/mol. The third-order valence-corrected chi connectivity index (χ3v) is 2.85. The molecule has 1 saturated heterocycles. The Hall–Kier alpha value is -1.77. The lowest BCUT2D eigenvalue weighted by Crippen LogP contribution is -2.23. The largest absolute Gasteiger partial charge is 0.477 e. The number of likely N-dealkylation sites (tertiary alicyclic amines) is 1. The number of hydrogen-bond acceptors (Lipinski definition) is 4. The molecule has 1 aromatic rings. The summed E-state index contributed by atoms with van der Waals surface area (Å²) >= 11 is 0. The molecule has 0 saturated carbocycles. The van der Waals surface area contributed by atoms with Gasteiger partial charge in [-0.1, -0.05) is 0 Å². The molecule has 1 N–H and O–H groups in total. The number of alkyl halides is 4. The van der Waals surface area contributed by atoms with Gasteiger partial charge in [0, 0.05) is 19.6 Å². The van der Waals surface area contributed by atoms with E-state index in [1.165, 1.54) is 0 Å². The van der Waals surface area contributed by atoms with E-state index in [4.69, 9.17) is 5.11 Å². The molecule has 0 aliphatic carbocycles. The van der Waals surface area contributed by atoms with Crippen LogP contribution in [0.4, 0.5) is 17.6 Å². The Kier molecular flexibility index (Phi) is 3.89. The van der Waals surface area contributed by atoms with Gasteiger partial charge in [-0.25, -0.2) is 19.2 Å². The van der Waals surface area contributed by atoms with Crippen LogP contribution in [0.25, 0.3) is 0 Å². The molecule has 1 aliphatic heterocycles. The minimum absolute atomic E-state index is 0.0354. The summed E-state index contributed by atoms with van der Waals surface area (Å²) in [6.07, 6.45) is -5.53. The van der Waals surface area contributed by atoms with Gasteiger partial charge in [0.15, 0.2) is 5.69 Å². The first-order valence-corrected chi connectivity index (χ1v) is 5.80. The van der Waals surface area contributed by atoms with Crippen molar-refractivity contribution in [2.75, 3.05) is 13.1 Å². The quantitative estimate of drug-likeness (QED) is 0.860. The van der Waals surface area contributed by atoms with Crippen molar-refractivity contribution in [2.24, 2.45) is 0 Å². The van der Waals surface area contributed by atoms with Crippen molar-refractivity contribution < 1.29 is 27.5 Å². The Morgan fingerprint density at radius 3 is 2.65 bits per heavy atom. The SMILES string of the molecule is O=C(O)c1cc(CN2CC[C@H](F)C2)nc(C(F)(F)F)n1. The lowest BCUT2D eigenvalue weighted by Gasteiger charge is -2.15. The van der Waals surface area contributed by atoms with Gasteiger partial charge in [0.2, 0.25) is 5.82 Å². The van der Waals surface area contributed by atoms with E-state index in [0.29, 0.717) is 13.0 Å². The second kappa shape index (κ2) is 5.31. The molecule has 0 radical (unpaired) electrons. The summed E-state index contributed by atoms with van der Waals surface area (Å²) < 4.78 is 50.8. The van der Waals surface area contributed by atoms with Crippen LogP contribution in [-0.4, -0.2) is 45.2 Å². The van der Waals surface area contributed by atoms with E-state index >= 15 is 0 Å². The minimum Gasteiger partial charge on any atom is -0.477 e. The summed E-state index contributed by atoms with van der Waals surface area (Å²) in [5, 5.41) is 8.77. The van der Waals surface area contributed by atoms with Crippen LogP contribution < -0.4 is 0 Å². The number of rotatable bonds is 3. The molecule has 9 heteroatoms. The van der Waals surface area contributed by atoms with E-state index in [9.17, 15) is 22.4 Å². The number of aromatic carboxylic acids is 1. The Morgan fingerprint density at radius 2 is 2.15 bits per heavy atom. The number of hydrogen-bond donors (Lipinski definition) is 1. The zero-order valence-corrected chi connectivity index (χ0v) is 10.2. The van der Waals surface area contributed by atoms with E-state index in [0.717, 1.165) is 6.07 Å². The molecular weight excluding hydrogens is 282 g/mol. The lowest BCUT2D eigenvalue weighted by atomic mass is 10.3. The summed E-state index contributed by atoms with van der Waals surface area (Å²) in [4.78, 5) is 18.6.